The molecule has 0 aromatic heterocycles. The summed E-state index contributed by atoms with van der Waals surface area (Å²) in [5.41, 5.74) is 0.674. The van der Waals surface area contributed by atoms with Gasteiger partial charge in [-0.3, -0.25) is 9.52 Å². The summed E-state index contributed by atoms with van der Waals surface area (Å²) in [7, 11) is -3.41. The van der Waals surface area contributed by atoms with E-state index in [1.165, 1.54) is 18.6 Å². The number of amides is 1. The van der Waals surface area contributed by atoms with Crippen LogP contribution in [0.15, 0.2) is 18.2 Å². The SMILES string of the molecule is C[C@@H]1C[C@@H](C)CN(CCCNC(=O)c2ccc(NS(C)(=O)=O)c(Cl)c2)C1. The number of likely N-dealkylation sites (tertiary alicyclic amines) is 1. The lowest BCUT2D eigenvalue weighted by molar-refractivity contribution is 0.0947. The second-order valence-electron chi connectivity index (χ2n) is 7.38. The van der Waals surface area contributed by atoms with Crippen LogP contribution in [0.2, 0.25) is 5.02 Å². The Morgan fingerprint density at radius 2 is 1.92 bits per heavy atom. The van der Waals surface area contributed by atoms with E-state index >= 15 is 0 Å². The van der Waals surface area contributed by atoms with Gasteiger partial charge in [0.15, 0.2) is 0 Å². The normalized spacial score (nSPS) is 21.4. The zero-order valence-electron chi connectivity index (χ0n) is 15.6. The molecular weight excluding hydrogens is 374 g/mol. The highest BCUT2D eigenvalue weighted by molar-refractivity contribution is 7.92. The summed E-state index contributed by atoms with van der Waals surface area (Å²) in [6, 6.07) is 4.52. The number of hydrogen-bond acceptors (Lipinski definition) is 4. The van der Waals surface area contributed by atoms with Gasteiger partial charge in [-0.15, -0.1) is 0 Å². The molecule has 0 radical (unpaired) electrons. The van der Waals surface area contributed by atoms with E-state index in [2.05, 4.69) is 28.8 Å². The van der Waals surface area contributed by atoms with Crippen molar-refractivity contribution in [3.8, 4) is 0 Å². The van der Waals surface area contributed by atoms with Gasteiger partial charge in [-0.05, 0) is 49.4 Å². The van der Waals surface area contributed by atoms with Gasteiger partial charge in [0.2, 0.25) is 10.0 Å². The highest BCUT2D eigenvalue weighted by Crippen LogP contribution is 2.24. The Morgan fingerprint density at radius 3 is 2.50 bits per heavy atom. The van der Waals surface area contributed by atoms with Crippen LogP contribution in [0.1, 0.15) is 37.0 Å². The number of carbonyl (C=O) groups is 1. The Bertz CT molecular complexity index is 729. The van der Waals surface area contributed by atoms with E-state index in [9.17, 15) is 13.2 Å². The summed E-state index contributed by atoms with van der Waals surface area (Å²) in [5, 5.41) is 3.09. The van der Waals surface area contributed by atoms with Crippen LogP contribution in [-0.4, -0.2) is 51.7 Å². The number of piperidine rings is 1. The molecule has 1 fully saturated rings. The highest BCUT2D eigenvalue weighted by Gasteiger charge is 2.21. The number of nitrogens with zero attached hydrogens (tertiary/aromatic N) is 1. The molecule has 0 spiro atoms. The number of rotatable bonds is 7. The van der Waals surface area contributed by atoms with Gasteiger partial charge >= 0.3 is 0 Å². The second-order valence-corrected chi connectivity index (χ2v) is 9.54. The van der Waals surface area contributed by atoms with E-state index < -0.39 is 10.0 Å². The lowest BCUT2D eigenvalue weighted by Crippen LogP contribution is -2.40. The van der Waals surface area contributed by atoms with Gasteiger partial charge < -0.3 is 10.2 Å². The van der Waals surface area contributed by atoms with Crippen molar-refractivity contribution in [3.63, 3.8) is 0 Å². The number of hydrogen-bond donors (Lipinski definition) is 2. The minimum Gasteiger partial charge on any atom is -0.352 e. The molecule has 1 saturated heterocycles. The largest absolute Gasteiger partial charge is 0.352 e. The first kappa shape index (κ1) is 21.0. The Labute approximate surface area is 161 Å². The number of nitrogens with one attached hydrogen (secondary N) is 2. The highest BCUT2D eigenvalue weighted by atomic mass is 35.5. The van der Waals surface area contributed by atoms with Crippen molar-refractivity contribution in [2.45, 2.75) is 26.7 Å². The van der Waals surface area contributed by atoms with Crippen molar-refractivity contribution in [3.05, 3.63) is 28.8 Å². The van der Waals surface area contributed by atoms with Crippen LogP contribution < -0.4 is 10.0 Å². The van der Waals surface area contributed by atoms with E-state index in [0.29, 0.717) is 12.1 Å². The van der Waals surface area contributed by atoms with Crippen molar-refractivity contribution in [1.82, 2.24) is 10.2 Å². The molecular formula is C18H28ClN3O3S. The molecule has 0 aliphatic carbocycles. The van der Waals surface area contributed by atoms with Gasteiger partial charge in [-0.1, -0.05) is 25.4 Å². The van der Waals surface area contributed by atoms with E-state index in [1.807, 2.05) is 0 Å². The molecule has 2 rings (SSSR count). The van der Waals surface area contributed by atoms with E-state index in [0.717, 1.165) is 44.1 Å². The quantitative estimate of drug-likeness (QED) is 0.688. The van der Waals surface area contributed by atoms with Crippen LogP contribution in [0.4, 0.5) is 5.69 Å². The summed E-state index contributed by atoms with van der Waals surface area (Å²) in [5.74, 6) is 1.25. The number of benzene rings is 1. The smallest absolute Gasteiger partial charge is 0.251 e. The summed E-state index contributed by atoms with van der Waals surface area (Å²) in [6.45, 7) is 8.41. The zero-order valence-corrected chi connectivity index (χ0v) is 17.2. The fourth-order valence-corrected chi connectivity index (χ4v) is 4.38. The summed E-state index contributed by atoms with van der Waals surface area (Å²) in [6.07, 6.45) is 3.23. The maximum Gasteiger partial charge on any atom is 0.251 e. The monoisotopic (exact) mass is 401 g/mol. The maximum atomic E-state index is 12.2. The Kier molecular flexibility index (Phi) is 7.32. The molecule has 1 aromatic carbocycles. The van der Waals surface area contributed by atoms with Gasteiger partial charge in [-0.25, -0.2) is 8.42 Å². The van der Waals surface area contributed by atoms with Gasteiger partial charge in [0.1, 0.15) is 0 Å². The first-order chi connectivity index (χ1) is 12.1. The van der Waals surface area contributed by atoms with Crippen molar-refractivity contribution in [2.24, 2.45) is 11.8 Å². The molecule has 26 heavy (non-hydrogen) atoms. The molecule has 2 N–H and O–H groups in total. The molecule has 1 aliphatic rings. The molecule has 0 bridgehead atoms. The van der Waals surface area contributed by atoms with Crippen LogP contribution in [0.5, 0.6) is 0 Å². The number of halogens is 1. The van der Waals surface area contributed by atoms with Crippen molar-refractivity contribution < 1.29 is 13.2 Å². The van der Waals surface area contributed by atoms with Gasteiger partial charge in [-0.2, -0.15) is 0 Å². The van der Waals surface area contributed by atoms with Crippen LogP contribution in [0, 0.1) is 11.8 Å². The fourth-order valence-electron chi connectivity index (χ4n) is 3.52. The predicted molar refractivity (Wildman–Crippen MR) is 106 cm³/mol. The summed E-state index contributed by atoms with van der Waals surface area (Å²) >= 11 is 6.06. The Hall–Kier alpha value is -1.31. The molecule has 1 amide bonds. The lowest BCUT2D eigenvalue weighted by Gasteiger charge is -2.34. The molecule has 2 atom stereocenters. The van der Waals surface area contributed by atoms with Gasteiger partial charge in [0, 0.05) is 25.2 Å². The molecule has 146 valence electrons. The molecule has 1 aliphatic heterocycles. The van der Waals surface area contributed by atoms with Crippen molar-refractivity contribution in [2.75, 3.05) is 37.2 Å². The fraction of sp³-hybridized carbons (Fsp3) is 0.611. The first-order valence-corrected chi connectivity index (χ1v) is 11.2. The van der Waals surface area contributed by atoms with E-state index in [-0.39, 0.29) is 16.6 Å². The lowest BCUT2D eigenvalue weighted by atomic mass is 9.92. The Morgan fingerprint density at radius 1 is 1.27 bits per heavy atom. The van der Waals surface area contributed by atoms with Crippen molar-refractivity contribution >= 4 is 33.2 Å². The van der Waals surface area contributed by atoms with Crippen LogP contribution in [0.25, 0.3) is 0 Å². The second kappa shape index (κ2) is 9.06. The summed E-state index contributed by atoms with van der Waals surface area (Å²) < 4.78 is 24.8. The van der Waals surface area contributed by atoms with Gasteiger partial charge in [0.05, 0.1) is 17.0 Å². The third-order valence-electron chi connectivity index (χ3n) is 4.41. The summed E-state index contributed by atoms with van der Waals surface area (Å²) in [4.78, 5) is 14.7. The number of carbonyl (C=O) groups excluding carboxylic acids is 1. The molecule has 0 unspecified atom stereocenters. The molecule has 6 nitrogen and oxygen atoms in total. The molecule has 1 aromatic rings. The maximum absolute atomic E-state index is 12.2. The molecule has 0 saturated carbocycles. The standard InChI is InChI=1S/C18H28ClN3O3S/c1-13-9-14(2)12-22(11-13)8-4-7-20-18(23)15-5-6-17(16(19)10-15)21-26(3,24)25/h5-6,10,13-14,21H,4,7-9,11-12H2,1-3H3,(H,20,23)/t13-,14-/m1/s1. The number of sulfonamides is 1. The topological polar surface area (TPSA) is 78.5 Å². The van der Waals surface area contributed by atoms with E-state index in [1.54, 1.807) is 6.07 Å². The minimum absolute atomic E-state index is 0.194. The average molecular weight is 402 g/mol. The minimum atomic E-state index is -3.41. The van der Waals surface area contributed by atoms with Crippen LogP contribution in [0.3, 0.4) is 0 Å². The van der Waals surface area contributed by atoms with Gasteiger partial charge in [0.25, 0.3) is 5.91 Å². The molecule has 8 heteroatoms. The Balaban J connectivity index is 1.80. The van der Waals surface area contributed by atoms with Crippen LogP contribution >= 0.6 is 11.6 Å². The predicted octanol–water partition coefficient (Wildman–Crippen LogP) is 2.81. The first-order valence-electron chi connectivity index (χ1n) is 8.92. The molecule has 1 heterocycles. The number of anilines is 1. The van der Waals surface area contributed by atoms with E-state index in [4.69, 9.17) is 11.6 Å². The van der Waals surface area contributed by atoms with Crippen molar-refractivity contribution in [1.29, 1.82) is 0 Å². The third kappa shape index (κ3) is 6.78. The third-order valence-corrected chi connectivity index (χ3v) is 5.31. The zero-order chi connectivity index (χ0) is 19.3. The van der Waals surface area contributed by atoms with Crippen LogP contribution in [-0.2, 0) is 10.0 Å². The average Bonchev–Trinajstić information content (AvgIpc) is 2.51.